The molecule has 5 nitrogen and oxygen atoms in total. The fourth-order valence-electron chi connectivity index (χ4n) is 1.56. The third-order valence-electron chi connectivity index (χ3n) is 2.85. The van der Waals surface area contributed by atoms with Crippen LogP contribution in [0.25, 0.3) is 0 Å². The molecule has 108 valence electrons. The highest BCUT2D eigenvalue weighted by atomic mass is 32.1. The Balaban J connectivity index is 2.30. The van der Waals surface area contributed by atoms with Crippen LogP contribution in [0.15, 0.2) is 17.5 Å². The van der Waals surface area contributed by atoms with E-state index >= 15 is 0 Å². The molecule has 1 aromatic rings. The van der Waals surface area contributed by atoms with E-state index in [1.165, 1.54) is 4.88 Å². The van der Waals surface area contributed by atoms with Crippen molar-refractivity contribution in [1.82, 2.24) is 10.6 Å². The molecule has 0 radical (unpaired) electrons. The fourth-order valence-corrected chi connectivity index (χ4v) is 2.43. The summed E-state index contributed by atoms with van der Waals surface area (Å²) in [5.74, 6) is 0.332. The number of nitrogens with one attached hydrogen (secondary N) is 2. The second-order valence-corrected chi connectivity index (χ2v) is 6.13. The molecule has 1 rings (SSSR count). The smallest absolute Gasteiger partial charge is 0.315 e. The molecule has 0 fully saturated rings. The second-order valence-electron chi connectivity index (χ2n) is 5.10. The first-order valence-electron chi connectivity index (χ1n) is 6.29. The number of carbonyl (C=O) groups excluding carboxylic acids is 1. The minimum absolute atomic E-state index is 0.304. The van der Waals surface area contributed by atoms with Gasteiger partial charge in [-0.15, -0.1) is 11.3 Å². The topological polar surface area (TPSA) is 81.6 Å². The summed E-state index contributed by atoms with van der Waals surface area (Å²) in [6, 6.07) is 3.72. The van der Waals surface area contributed by atoms with Crippen LogP contribution < -0.4 is 10.6 Å². The zero-order chi connectivity index (χ0) is 14.3. The summed E-state index contributed by atoms with van der Waals surface area (Å²) in [5, 5.41) is 25.5. The first kappa shape index (κ1) is 15.9. The van der Waals surface area contributed by atoms with Gasteiger partial charge in [-0.3, -0.25) is 0 Å². The van der Waals surface area contributed by atoms with Crippen LogP contribution in [0.2, 0.25) is 0 Å². The average Bonchev–Trinajstić information content (AvgIpc) is 2.89. The van der Waals surface area contributed by atoms with Crippen LogP contribution in [-0.2, 0) is 6.42 Å². The van der Waals surface area contributed by atoms with E-state index in [1.54, 1.807) is 18.3 Å². The number of rotatable bonds is 7. The largest absolute Gasteiger partial charge is 0.394 e. The van der Waals surface area contributed by atoms with Crippen molar-refractivity contribution >= 4 is 17.4 Å². The van der Waals surface area contributed by atoms with Crippen LogP contribution in [0.4, 0.5) is 4.79 Å². The number of amides is 2. The molecule has 0 unspecified atom stereocenters. The van der Waals surface area contributed by atoms with Gasteiger partial charge in [0.25, 0.3) is 0 Å². The lowest BCUT2D eigenvalue weighted by atomic mass is 10.1. The molecule has 6 heteroatoms. The highest BCUT2D eigenvalue weighted by Crippen LogP contribution is 2.13. The van der Waals surface area contributed by atoms with Gasteiger partial charge in [0.15, 0.2) is 0 Å². The van der Waals surface area contributed by atoms with Crippen molar-refractivity contribution in [3.8, 4) is 0 Å². The second kappa shape index (κ2) is 7.47. The predicted octanol–water partition coefficient (Wildman–Crippen LogP) is 0.969. The van der Waals surface area contributed by atoms with E-state index in [2.05, 4.69) is 23.6 Å². The summed E-state index contributed by atoms with van der Waals surface area (Å²) in [6.07, 6.45) is 0.926. The first-order valence-corrected chi connectivity index (χ1v) is 7.17. The van der Waals surface area contributed by atoms with E-state index in [9.17, 15) is 4.79 Å². The van der Waals surface area contributed by atoms with E-state index in [0.717, 1.165) is 6.42 Å². The summed E-state index contributed by atoms with van der Waals surface area (Å²) >= 11 is 1.71. The molecule has 0 spiro atoms. The van der Waals surface area contributed by atoms with Gasteiger partial charge in [-0.05, 0) is 30.7 Å². The SMILES string of the molecule is C[C@@H](CNC(=O)NC(C)(CO)CO)Cc1cccs1. The zero-order valence-corrected chi connectivity index (χ0v) is 12.2. The number of aliphatic hydroxyl groups is 2. The van der Waals surface area contributed by atoms with E-state index in [4.69, 9.17) is 10.2 Å². The van der Waals surface area contributed by atoms with Gasteiger partial charge >= 0.3 is 6.03 Å². The molecule has 19 heavy (non-hydrogen) atoms. The Morgan fingerprint density at radius 1 is 1.47 bits per heavy atom. The summed E-state index contributed by atoms with van der Waals surface area (Å²) < 4.78 is 0. The van der Waals surface area contributed by atoms with Gasteiger partial charge < -0.3 is 20.8 Å². The Bertz CT molecular complexity index is 377. The average molecular weight is 286 g/mol. The molecule has 0 saturated carbocycles. The number of hydrogen-bond donors (Lipinski definition) is 4. The molecule has 4 N–H and O–H groups in total. The number of carbonyl (C=O) groups is 1. The Hall–Kier alpha value is -1.11. The molecular weight excluding hydrogens is 264 g/mol. The molecule has 1 atom stereocenters. The van der Waals surface area contributed by atoms with Crippen molar-refractivity contribution in [2.75, 3.05) is 19.8 Å². The van der Waals surface area contributed by atoms with Crippen LogP contribution >= 0.6 is 11.3 Å². The third kappa shape index (κ3) is 5.59. The lowest BCUT2D eigenvalue weighted by Crippen LogP contribution is -2.55. The van der Waals surface area contributed by atoms with E-state index in [0.29, 0.717) is 12.5 Å². The van der Waals surface area contributed by atoms with Gasteiger partial charge in [0, 0.05) is 11.4 Å². The molecule has 0 aromatic carbocycles. The molecule has 1 aromatic heterocycles. The van der Waals surface area contributed by atoms with E-state index in [-0.39, 0.29) is 19.2 Å². The maximum atomic E-state index is 11.6. The summed E-state index contributed by atoms with van der Waals surface area (Å²) in [4.78, 5) is 12.9. The molecule has 0 aliphatic carbocycles. The minimum Gasteiger partial charge on any atom is -0.394 e. The lowest BCUT2D eigenvalue weighted by Gasteiger charge is -2.26. The maximum Gasteiger partial charge on any atom is 0.315 e. The fraction of sp³-hybridized carbons (Fsp3) is 0.615. The molecule has 0 saturated heterocycles. The minimum atomic E-state index is -0.985. The predicted molar refractivity (Wildman–Crippen MR) is 76.3 cm³/mol. The zero-order valence-electron chi connectivity index (χ0n) is 11.3. The van der Waals surface area contributed by atoms with Crippen LogP contribution in [0.3, 0.4) is 0 Å². The third-order valence-corrected chi connectivity index (χ3v) is 3.75. The van der Waals surface area contributed by atoms with Gasteiger partial charge in [0.05, 0.1) is 18.8 Å². The number of hydrogen-bond acceptors (Lipinski definition) is 4. The molecule has 2 amide bonds. The Labute approximate surface area is 117 Å². The Morgan fingerprint density at radius 2 is 2.16 bits per heavy atom. The van der Waals surface area contributed by atoms with Crippen molar-refractivity contribution in [2.45, 2.75) is 25.8 Å². The maximum absolute atomic E-state index is 11.6. The normalized spacial score (nSPS) is 13.1. The Morgan fingerprint density at radius 3 is 2.68 bits per heavy atom. The van der Waals surface area contributed by atoms with Crippen molar-refractivity contribution in [3.05, 3.63) is 22.4 Å². The highest BCUT2D eigenvalue weighted by Gasteiger charge is 2.24. The monoisotopic (exact) mass is 286 g/mol. The van der Waals surface area contributed by atoms with Crippen molar-refractivity contribution in [1.29, 1.82) is 0 Å². The molecule has 0 bridgehead atoms. The summed E-state index contributed by atoms with van der Waals surface area (Å²) in [5.41, 5.74) is -0.985. The summed E-state index contributed by atoms with van der Waals surface area (Å²) in [6.45, 7) is 3.60. The lowest BCUT2D eigenvalue weighted by molar-refractivity contribution is 0.109. The van der Waals surface area contributed by atoms with Gasteiger partial charge in [-0.2, -0.15) is 0 Å². The van der Waals surface area contributed by atoms with Crippen molar-refractivity contribution < 1.29 is 15.0 Å². The Kier molecular flexibility index (Phi) is 6.27. The van der Waals surface area contributed by atoms with Crippen LogP contribution in [0.1, 0.15) is 18.7 Å². The van der Waals surface area contributed by atoms with Crippen LogP contribution in [0.5, 0.6) is 0 Å². The van der Waals surface area contributed by atoms with Gasteiger partial charge in [-0.25, -0.2) is 4.79 Å². The van der Waals surface area contributed by atoms with Gasteiger partial charge in [-0.1, -0.05) is 13.0 Å². The van der Waals surface area contributed by atoms with E-state index in [1.807, 2.05) is 11.4 Å². The number of urea groups is 1. The number of thiophene rings is 1. The van der Waals surface area contributed by atoms with Crippen molar-refractivity contribution in [3.63, 3.8) is 0 Å². The standard InChI is InChI=1S/C13H22N2O3S/c1-10(6-11-4-3-5-19-11)7-14-12(18)15-13(2,8-16)9-17/h3-5,10,16-17H,6-9H2,1-2H3,(H2,14,15,18)/t10-/m1/s1. The molecule has 0 aliphatic rings. The number of aliphatic hydroxyl groups excluding tert-OH is 2. The van der Waals surface area contributed by atoms with Crippen molar-refractivity contribution in [2.24, 2.45) is 5.92 Å². The van der Waals surface area contributed by atoms with E-state index < -0.39 is 5.54 Å². The van der Waals surface area contributed by atoms with Crippen LogP contribution in [-0.4, -0.2) is 41.5 Å². The van der Waals surface area contributed by atoms with Gasteiger partial charge in [0.2, 0.25) is 0 Å². The molecular formula is C13H22N2O3S. The van der Waals surface area contributed by atoms with Crippen LogP contribution in [0, 0.1) is 5.92 Å². The highest BCUT2D eigenvalue weighted by molar-refractivity contribution is 7.09. The molecule has 0 aliphatic heterocycles. The molecule has 1 heterocycles. The first-order chi connectivity index (χ1) is 8.99. The summed E-state index contributed by atoms with van der Waals surface area (Å²) in [7, 11) is 0. The van der Waals surface area contributed by atoms with Gasteiger partial charge in [0.1, 0.15) is 0 Å². The quantitative estimate of drug-likeness (QED) is 0.603.